The summed E-state index contributed by atoms with van der Waals surface area (Å²) >= 11 is 0. The monoisotopic (exact) mass is 667 g/mol. The van der Waals surface area contributed by atoms with E-state index in [9.17, 15) is 14.4 Å². The fraction of sp³-hybridized carbons (Fsp3) is 0.927. The SMILES string of the molecule is CCCCCCCCCCCCCCCCCC(=O)OC[C@@H](COC(=O)CCCCCCCCC)OC(=O)CCCCCCCCC. The van der Waals surface area contributed by atoms with Crippen molar-refractivity contribution in [2.45, 2.75) is 232 Å². The number of unbranched alkanes of at least 4 members (excludes halogenated alkanes) is 26. The summed E-state index contributed by atoms with van der Waals surface area (Å²) in [7, 11) is 0. The van der Waals surface area contributed by atoms with Crippen molar-refractivity contribution < 1.29 is 28.6 Å². The van der Waals surface area contributed by atoms with E-state index in [1.165, 1.54) is 128 Å². The molecule has 0 saturated carbocycles. The third kappa shape index (κ3) is 35.5. The molecule has 0 bridgehead atoms. The van der Waals surface area contributed by atoms with Crippen molar-refractivity contribution in [2.24, 2.45) is 0 Å². The Bertz CT molecular complexity index is 693. The average molecular weight is 667 g/mol. The van der Waals surface area contributed by atoms with Gasteiger partial charge in [0.1, 0.15) is 13.2 Å². The van der Waals surface area contributed by atoms with Crippen molar-refractivity contribution in [3.05, 3.63) is 0 Å². The van der Waals surface area contributed by atoms with Gasteiger partial charge < -0.3 is 14.2 Å². The topological polar surface area (TPSA) is 78.9 Å². The van der Waals surface area contributed by atoms with Crippen LogP contribution >= 0.6 is 0 Å². The molecule has 6 heteroatoms. The van der Waals surface area contributed by atoms with Crippen molar-refractivity contribution in [1.82, 2.24) is 0 Å². The van der Waals surface area contributed by atoms with E-state index in [4.69, 9.17) is 14.2 Å². The molecule has 0 heterocycles. The molecule has 0 unspecified atom stereocenters. The lowest BCUT2D eigenvalue weighted by molar-refractivity contribution is -0.167. The van der Waals surface area contributed by atoms with Gasteiger partial charge in [-0.3, -0.25) is 14.4 Å². The highest BCUT2D eigenvalue weighted by atomic mass is 16.6. The van der Waals surface area contributed by atoms with Gasteiger partial charge in [0.25, 0.3) is 0 Å². The van der Waals surface area contributed by atoms with Gasteiger partial charge in [-0.15, -0.1) is 0 Å². The molecule has 278 valence electrons. The Labute approximate surface area is 291 Å². The van der Waals surface area contributed by atoms with E-state index in [2.05, 4.69) is 20.8 Å². The first-order valence-corrected chi connectivity index (χ1v) is 20.5. The average Bonchev–Trinajstić information content (AvgIpc) is 3.06. The van der Waals surface area contributed by atoms with E-state index in [1.807, 2.05) is 0 Å². The van der Waals surface area contributed by atoms with Crippen LogP contribution in [-0.2, 0) is 28.6 Å². The van der Waals surface area contributed by atoms with E-state index in [1.54, 1.807) is 0 Å². The van der Waals surface area contributed by atoms with Crippen LogP contribution in [0.2, 0.25) is 0 Å². The number of hydrogen-bond acceptors (Lipinski definition) is 6. The Morgan fingerprint density at radius 1 is 0.340 bits per heavy atom. The van der Waals surface area contributed by atoms with Crippen molar-refractivity contribution in [3.8, 4) is 0 Å². The minimum Gasteiger partial charge on any atom is -0.462 e. The smallest absolute Gasteiger partial charge is 0.306 e. The summed E-state index contributed by atoms with van der Waals surface area (Å²) in [4.78, 5) is 37.3. The molecule has 0 amide bonds. The first-order valence-electron chi connectivity index (χ1n) is 20.5. The second-order valence-electron chi connectivity index (χ2n) is 13.9. The van der Waals surface area contributed by atoms with Gasteiger partial charge >= 0.3 is 17.9 Å². The van der Waals surface area contributed by atoms with Gasteiger partial charge in [0.05, 0.1) is 0 Å². The van der Waals surface area contributed by atoms with Gasteiger partial charge in [0.15, 0.2) is 6.10 Å². The molecule has 0 aliphatic heterocycles. The summed E-state index contributed by atoms with van der Waals surface area (Å²) in [5.41, 5.74) is 0. The molecule has 0 rings (SSSR count). The fourth-order valence-electron chi connectivity index (χ4n) is 5.97. The van der Waals surface area contributed by atoms with Crippen LogP contribution < -0.4 is 0 Å². The lowest BCUT2D eigenvalue weighted by Crippen LogP contribution is -2.30. The lowest BCUT2D eigenvalue weighted by atomic mass is 10.0. The molecular weight excluding hydrogens is 588 g/mol. The Morgan fingerprint density at radius 3 is 0.851 bits per heavy atom. The summed E-state index contributed by atoms with van der Waals surface area (Å²) in [5, 5.41) is 0. The van der Waals surface area contributed by atoms with E-state index < -0.39 is 6.10 Å². The zero-order valence-electron chi connectivity index (χ0n) is 31.6. The second-order valence-corrected chi connectivity index (χ2v) is 13.9. The molecule has 0 aliphatic carbocycles. The molecule has 0 aromatic carbocycles. The Hall–Kier alpha value is -1.59. The van der Waals surface area contributed by atoms with E-state index in [0.29, 0.717) is 19.3 Å². The van der Waals surface area contributed by atoms with Gasteiger partial charge in [-0.2, -0.15) is 0 Å². The minimum atomic E-state index is -0.755. The zero-order valence-corrected chi connectivity index (χ0v) is 31.6. The molecule has 1 atom stereocenters. The van der Waals surface area contributed by atoms with Crippen molar-refractivity contribution in [3.63, 3.8) is 0 Å². The van der Waals surface area contributed by atoms with E-state index in [0.717, 1.165) is 57.8 Å². The number of carbonyl (C=O) groups is 3. The van der Waals surface area contributed by atoms with Crippen LogP contribution in [0, 0.1) is 0 Å². The molecule has 47 heavy (non-hydrogen) atoms. The zero-order chi connectivity index (χ0) is 34.5. The Balaban J connectivity index is 4.19. The normalized spacial score (nSPS) is 11.8. The van der Waals surface area contributed by atoms with Crippen LogP contribution in [0.1, 0.15) is 226 Å². The highest BCUT2D eigenvalue weighted by Crippen LogP contribution is 2.15. The van der Waals surface area contributed by atoms with Gasteiger partial charge in [-0.1, -0.05) is 188 Å². The summed E-state index contributed by atoms with van der Waals surface area (Å²) < 4.78 is 16.5. The van der Waals surface area contributed by atoms with Crippen LogP contribution in [0.15, 0.2) is 0 Å². The van der Waals surface area contributed by atoms with Crippen molar-refractivity contribution >= 4 is 17.9 Å². The third-order valence-electron chi connectivity index (χ3n) is 9.11. The molecule has 0 fully saturated rings. The number of rotatable bonds is 37. The summed E-state index contributed by atoms with van der Waals surface area (Å²) in [6.45, 7) is 6.55. The number of ether oxygens (including phenoxy) is 3. The van der Waals surface area contributed by atoms with Crippen molar-refractivity contribution in [2.75, 3.05) is 13.2 Å². The predicted molar refractivity (Wildman–Crippen MR) is 197 cm³/mol. The maximum absolute atomic E-state index is 12.5. The molecular formula is C41H78O6. The van der Waals surface area contributed by atoms with Gasteiger partial charge in [-0.05, 0) is 19.3 Å². The molecule has 0 aliphatic rings. The Kier molecular flexibility index (Phi) is 36.0. The maximum Gasteiger partial charge on any atom is 0.306 e. The first kappa shape index (κ1) is 45.4. The van der Waals surface area contributed by atoms with Crippen LogP contribution in [0.3, 0.4) is 0 Å². The molecule has 0 N–H and O–H groups in total. The van der Waals surface area contributed by atoms with E-state index in [-0.39, 0.29) is 31.1 Å². The first-order chi connectivity index (χ1) is 23.0. The summed E-state index contributed by atoms with van der Waals surface area (Å²) in [6, 6.07) is 0. The van der Waals surface area contributed by atoms with Crippen LogP contribution in [0.5, 0.6) is 0 Å². The molecule has 0 radical (unpaired) electrons. The van der Waals surface area contributed by atoms with Crippen LogP contribution in [0.4, 0.5) is 0 Å². The third-order valence-corrected chi connectivity index (χ3v) is 9.11. The second kappa shape index (κ2) is 37.2. The molecule has 6 nitrogen and oxygen atoms in total. The fourth-order valence-corrected chi connectivity index (χ4v) is 5.97. The van der Waals surface area contributed by atoms with Crippen LogP contribution in [0.25, 0.3) is 0 Å². The maximum atomic E-state index is 12.5. The van der Waals surface area contributed by atoms with Gasteiger partial charge in [-0.25, -0.2) is 0 Å². The molecule has 0 saturated heterocycles. The number of carbonyl (C=O) groups excluding carboxylic acids is 3. The quantitative estimate of drug-likeness (QED) is 0.0373. The number of hydrogen-bond donors (Lipinski definition) is 0. The molecule has 0 aromatic rings. The lowest BCUT2D eigenvalue weighted by Gasteiger charge is -2.18. The molecule has 0 aromatic heterocycles. The van der Waals surface area contributed by atoms with Crippen molar-refractivity contribution in [1.29, 1.82) is 0 Å². The summed E-state index contributed by atoms with van der Waals surface area (Å²) in [5.74, 6) is -0.872. The van der Waals surface area contributed by atoms with Gasteiger partial charge in [0.2, 0.25) is 0 Å². The molecule has 0 spiro atoms. The van der Waals surface area contributed by atoms with Gasteiger partial charge in [0, 0.05) is 19.3 Å². The number of esters is 3. The standard InChI is InChI=1S/C41H78O6/c1-4-7-10-13-16-17-18-19-20-21-22-23-26-28-31-34-40(43)46-37-38(47-41(44)35-32-29-25-15-12-9-6-3)36-45-39(42)33-30-27-24-14-11-8-5-2/h38H,4-37H2,1-3H3/t38-/m1/s1. The Morgan fingerprint density at radius 2 is 0.574 bits per heavy atom. The highest BCUT2D eigenvalue weighted by Gasteiger charge is 2.19. The largest absolute Gasteiger partial charge is 0.462 e. The van der Waals surface area contributed by atoms with Crippen LogP contribution in [-0.4, -0.2) is 37.2 Å². The van der Waals surface area contributed by atoms with E-state index >= 15 is 0 Å². The highest BCUT2D eigenvalue weighted by molar-refractivity contribution is 5.71. The minimum absolute atomic E-state index is 0.0644. The predicted octanol–water partition coefficient (Wildman–Crippen LogP) is 12.5. The summed E-state index contributed by atoms with van der Waals surface area (Å²) in [6.07, 6.45) is 35.3.